The van der Waals surface area contributed by atoms with Crippen LogP contribution in [0, 0.1) is 5.92 Å². The van der Waals surface area contributed by atoms with Gasteiger partial charge in [0, 0.05) is 47.8 Å². The number of hydrogen-bond acceptors (Lipinski definition) is 4. The van der Waals surface area contributed by atoms with Crippen LogP contribution in [0.4, 0.5) is 17.1 Å². The van der Waals surface area contributed by atoms with Crippen LogP contribution in [0.1, 0.15) is 47.4 Å². The minimum absolute atomic E-state index is 0.000711. The molecule has 1 fully saturated rings. The van der Waals surface area contributed by atoms with Crippen LogP contribution >= 0.6 is 0 Å². The van der Waals surface area contributed by atoms with E-state index in [1.807, 2.05) is 48.2 Å². The molecule has 2 N–H and O–H groups in total. The van der Waals surface area contributed by atoms with Crippen molar-refractivity contribution < 1.29 is 14.4 Å². The summed E-state index contributed by atoms with van der Waals surface area (Å²) in [5.41, 5.74) is 3.20. The van der Waals surface area contributed by atoms with E-state index in [0.29, 0.717) is 35.0 Å². The summed E-state index contributed by atoms with van der Waals surface area (Å²) in [6, 6.07) is 23.7. The first-order chi connectivity index (χ1) is 17.9. The molecule has 37 heavy (non-hydrogen) atoms. The number of anilines is 3. The largest absolute Gasteiger partial charge is 0.376 e. The van der Waals surface area contributed by atoms with E-state index < -0.39 is 0 Å². The minimum atomic E-state index is -0.243. The topological polar surface area (TPSA) is 81.8 Å². The van der Waals surface area contributed by atoms with E-state index >= 15 is 0 Å². The first kappa shape index (κ1) is 25.9. The summed E-state index contributed by atoms with van der Waals surface area (Å²) in [6.45, 7) is 6.25. The van der Waals surface area contributed by atoms with Crippen molar-refractivity contribution in [3.8, 4) is 0 Å². The maximum atomic E-state index is 13.1. The van der Waals surface area contributed by atoms with E-state index in [4.69, 9.17) is 0 Å². The van der Waals surface area contributed by atoms with Crippen LogP contribution in [-0.4, -0.2) is 48.8 Å². The molecule has 0 aromatic heterocycles. The second-order valence-electron chi connectivity index (χ2n) is 9.42. The number of hydrogen-bond donors (Lipinski definition) is 2. The van der Waals surface area contributed by atoms with Crippen LogP contribution in [0.2, 0.25) is 0 Å². The van der Waals surface area contributed by atoms with E-state index in [1.54, 1.807) is 47.4 Å². The third kappa shape index (κ3) is 6.76. The van der Waals surface area contributed by atoms with E-state index in [1.165, 1.54) is 0 Å². The second-order valence-corrected chi connectivity index (χ2v) is 9.42. The molecule has 0 radical (unpaired) electrons. The molecule has 7 heteroatoms. The number of benzene rings is 3. The van der Waals surface area contributed by atoms with E-state index in [9.17, 15) is 14.4 Å². The highest BCUT2D eigenvalue weighted by Crippen LogP contribution is 2.21. The van der Waals surface area contributed by atoms with Crippen LogP contribution in [0.3, 0.4) is 0 Å². The second kappa shape index (κ2) is 12.2. The predicted octanol–water partition coefficient (Wildman–Crippen LogP) is 5.28. The van der Waals surface area contributed by atoms with Crippen molar-refractivity contribution in [2.75, 3.05) is 41.7 Å². The van der Waals surface area contributed by atoms with E-state index in [2.05, 4.69) is 17.6 Å². The fourth-order valence-electron chi connectivity index (χ4n) is 4.48. The van der Waals surface area contributed by atoms with Gasteiger partial charge >= 0.3 is 0 Å². The first-order valence-electron chi connectivity index (χ1n) is 12.8. The van der Waals surface area contributed by atoms with Gasteiger partial charge in [0.2, 0.25) is 5.91 Å². The van der Waals surface area contributed by atoms with Gasteiger partial charge in [-0.3, -0.25) is 14.4 Å². The third-order valence-corrected chi connectivity index (χ3v) is 6.66. The van der Waals surface area contributed by atoms with Crippen molar-refractivity contribution >= 4 is 34.8 Å². The van der Waals surface area contributed by atoms with Gasteiger partial charge in [-0.05, 0) is 74.2 Å². The normalized spacial score (nSPS) is 13.6. The standard InChI is InChI=1S/C30H34N4O3/c1-3-34(27-13-5-4-6-14-27)30(37)24-10-7-11-25(19-24)31-21-28(35)32-26-12-8-9-23(20-26)29(36)33-17-15-22(2)16-18-33/h4-14,19-20,22,31H,3,15-18,21H2,1-2H3,(H,32,35). The third-order valence-electron chi connectivity index (χ3n) is 6.66. The molecule has 4 rings (SSSR count). The van der Waals surface area contributed by atoms with Gasteiger partial charge in [0.25, 0.3) is 11.8 Å². The molecule has 3 aromatic rings. The zero-order chi connectivity index (χ0) is 26.2. The summed E-state index contributed by atoms with van der Waals surface area (Å²) in [5, 5.41) is 5.95. The van der Waals surface area contributed by atoms with E-state index in [-0.39, 0.29) is 24.3 Å². The average Bonchev–Trinajstić information content (AvgIpc) is 2.93. The van der Waals surface area contributed by atoms with Gasteiger partial charge in [0.15, 0.2) is 0 Å². The van der Waals surface area contributed by atoms with Gasteiger partial charge in [-0.15, -0.1) is 0 Å². The molecule has 0 aliphatic carbocycles. The molecule has 0 unspecified atom stereocenters. The van der Waals surface area contributed by atoms with Crippen LogP contribution < -0.4 is 15.5 Å². The monoisotopic (exact) mass is 498 g/mol. The molecule has 0 bridgehead atoms. The minimum Gasteiger partial charge on any atom is -0.376 e. The number of nitrogens with one attached hydrogen (secondary N) is 2. The van der Waals surface area contributed by atoms with Gasteiger partial charge in [-0.1, -0.05) is 37.3 Å². The highest BCUT2D eigenvalue weighted by atomic mass is 16.2. The summed E-state index contributed by atoms with van der Waals surface area (Å²) < 4.78 is 0. The molecule has 192 valence electrons. The Kier molecular flexibility index (Phi) is 8.56. The lowest BCUT2D eigenvalue weighted by atomic mass is 9.98. The molecule has 3 amide bonds. The summed E-state index contributed by atoms with van der Waals surface area (Å²) in [6.07, 6.45) is 2.03. The zero-order valence-electron chi connectivity index (χ0n) is 21.4. The molecule has 0 atom stereocenters. The van der Waals surface area contributed by atoms with Crippen LogP contribution in [0.5, 0.6) is 0 Å². The van der Waals surface area contributed by atoms with Crippen LogP contribution in [0.15, 0.2) is 78.9 Å². The Morgan fingerprint density at radius 2 is 1.51 bits per heavy atom. The Labute approximate surface area is 218 Å². The highest BCUT2D eigenvalue weighted by Gasteiger charge is 2.22. The fraction of sp³-hybridized carbons (Fsp3) is 0.300. The summed E-state index contributed by atoms with van der Waals surface area (Å²) >= 11 is 0. The molecule has 3 aromatic carbocycles. The number of rotatable bonds is 8. The predicted molar refractivity (Wildman–Crippen MR) is 148 cm³/mol. The summed E-state index contributed by atoms with van der Waals surface area (Å²) in [4.78, 5) is 42.2. The quantitative estimate of drug-likeness (QED) is 0.443. The molecule has 1 aliphatic heterocycles. The van der Waals surface area contributed by atoms with Gasteiger partial charge < -0.3 is 20.4 Å². The molecular formula is C30H34N4O3. The van der Waals surface area contributed by atoms with Crippen LogP contribution in [0.25, 0.3) is 0 Å². The highest BCUT2D eigenvalue weighted by molar-refractivity contribution is 6.06. The molecule has 1 aliphatic rings. The van der Waals surface area contributed by atoms with E-state index in [0.717, 1.165) is 31.6 Å². The molecule has 7 nitrogen and oxygen atoms in total. The maximum absolute atomic E-state index is 13.1. The summed E-state index contributed by atoms with van der Waals surface area (Å²) in [7, 11) is 0. The zero-order valence-corrected chi connectivity index (χ0v) is 21.4. The number of likely N-dealkylation sites (tertiary alicyclic amines) is 1. The number of nitrogens with zero attached hydrogens (tertiary/aromatic N) is 2. The molecule has 1 saturated heterocycles. The first-order valence-corrected chi connectivity index (χ1v) is 12.8. The smallest absolute Gasteiger partial charge is 0.258 e. The van der Waals surface area contributed by atoms with Crippen LogP contribution in [-0.2, 0) is 4.79 Å². The van der Waals surface area contributed by atoms with Gasteiger partial charge in [-0.25, -0.2) is 0 Å². The van der Waals surface area contributed by atoms with Crippen molar-refractivity contribution in [1.82, 2.24) is 4.90 Å². The van der Waals surface area contributed by atoms with Gasteiger partial charge in [-0.2, -0.15) is 0 Å². The Hall–Kier alpha value is -4.13. The summed E-state index contributed by atoms with van der Waals surface area (Å²) in [5.74, 6) is 0.300. The lowest BCUT2D eigenvalue weighted by molar-refractivity contribution is -0.114. The number of piperidine rings is 1. The number of carbonyl (C=O) groups is 3. The number of carbonyl (C=O) groups excluding carboxylic acids is 3. The lowest BCUT2D eigenvalue weighted by Gasteiger charge is -2.30. The van der Waals surface area contributed by atoms with Gasteiger partial charge in [0.05, 0.1) is 6.54 Å². The van der Waals surface area contributed by atoms with Crippen molar-refractivity contribution in [1.29, 1.82) is 0 Å². The van der Waals surface area contributed by atoms with Gasteiger partial charge in [0.1, 0.15) is 0 Å². The average molecular weight is 499 g/mol. The maximum Gasteiger partial charge on any atom is 0.258 e. The Morgan fingerprint density at radius 1 is 0.865 bits per heavy atom. The molecule has 0 saturated carbocycles. The fourth-order valence-corrected chi connectivity index (χ4v) is 4.48. The number of para-hydroxylation sites is 1. The lowest BCUT2D eigenvalue weighted by Crippen LogP contribution is -2.37. The van der Waals surface area contributed by atoms with Crippen molar-refractivity contribution in [2.45, 2.75) is 26.7 Å². The SMILES string of the molecule is CCN(C(=O)c1cccc(NCC(=O)Nc2cccc(C(=O)N3CCC(C)CC3)c2)c1)c1ccccc1. The van der Waals surface area contributed by atoms with Crippen molar-refractivity contribution in [3.63, 3.8) is 0 Å². The van der Waals surface area contributed by atoms with Crippen molar-refractivity contribution in [2.24, 2.45) is 5.92 Å². The Balaban J connectivity index is 1.34. The van der Waals surface area contributed by atoms with Crippen molar-refractivity contribution in [3.05, 3.63) is 90.0 Å². The number of amides is 3. The Morgan fingerprint density at radius 3 is 2.22 bits per heavy atom. The molecular weight excluding hydrogens is 464 g/mol. The Bertz CT molecular complexity index is 1240. The molecule has 1 heterocycles. The molecule has 0 spiro atoms.